The number of nitrogens with zero attached hydrogens (tertiary/aromatic N) is 3. The number of aliphatic hydroxyl groups is 1. The Labute approximate surface area is 168 Å². The monoisotopic (exact) mass is 405 g/mol. The predicted molar refractivity (Wildman–Crippen MR) is 110 cm³/mol. The highest BCUT2D eigenvalue weighted by Crippen LogP contribution is 2.33. The van der Waals surface area contributed by atoms with Crippen LogP contribution in [0.3, 0.4) is 0 Å². The first-order valence-electron chi connectivity index (χ1n) is 9.98. The van der Waals surface area contributed by atoms with Crippen molar-refractivity contribution in [2.75, 3.05) is 13.2 Å². The number of hydrogen-bond donors (Lipinski definition) is 1. The van der Waals surface area contributed by atoms with E-state index in [-0.39, 0.29) is 12.6 Å². The highest BCUT2D eigenvalue weighted by atomic mass is 32.2. The lowest BCUT2D eigenvalue weighted by Crippen LogP contribution is -2.44. The lowest BCUT2D eigenvalue weighted by atomic mass is 9.92. The molecule has 1 unspecified atom stereocenters. The second-order valence-corrected chi connectivity index (χ2v) is 10.4. The van der Waals surface area contributed by atoms with Gasteiger partial charge in [-0.15, -0.1) is 0 Å². The Morgan fingerprint density at radius 1 is 1.18 bits per heavy atom. The van der Waals surface area contributed by atoms with Gasteiger partial charge in [-0.1, -0.05) is 57.5 Å². The highest BCUT2D eigenvalue weighted by Gasteiger charge is 2.38. The van der Waals surface area contributed by atoms with E-state index < -0.39 is 15.4 Å². The molecule has 0 spiro atoms. The molecule has 6 nitrogen and oxygen atoms in total. The second-order valence-electron chi connectivity index (χ2n) is 8.55. The number of hydrogen-bond acceptors (Lipinski definition) is 4. The van der Waals surface area contributed by atoms with Crippen LogP contribution < -0.4 is 0 Å². The van der Waals surface area contributed by atoms with E-state index in [1.54, 1.807) is 15.2 Å². The fraction of sp³-hybridized carbons (Fsp3) is 0.571. The van der Waals surface area contributed by atoms with Gasteiger partial charge in [0.25, 0.3) is 0 Å². The summed E-state index contributed by atoms with van der Waals surface area (Å²) in [6, 6.07) is 9.76. The van der Waals surface area contributed by atoms with Crippen molar-refractivity contribution in [2.24, 2.45) is 0 Å². The van der Waals surface area contributed by atoms with Crippen molar-refractivity contribution < 1.29 is 13.5 Å². The van der Waals surface area contributed by atoms with Gasteiger partial charge in [-0.25, -0.2) is 8.42 Å². The van der Waals surface area contributed by atoms with E-state index in [0.717, 1.165) is 24.8 Å². The molecule has 1 atom stereocenters. The van der Waals surface area contributed by atoms with Gasteiger partial charge >= 0.3 is 0 Å². The SMILES string of the molecule is CC(C)(C)c1nn(Cc2ccccc2)cc1S(=O)(=O)N1CCCCC1CCO. The first-order valence-corrected chi connectivity index (χ1v) is 11.4. The summed E-state index contributed by atoms with van der Waals surface area (Å²) in [6.07, 6.45) is 4.79. The van der Waals surface area contributed by atoms with Crippen LogP contribution in [0.5, 0.6) is 0 Å². The van der Waals surface area contributed by atoms with Gasteiger partial charge in [0.2, 0.25) is 10.0 Å². The van der Waals surface area contributed by atoms with E-state index >= 15 is 0 Å². The molecule has 1 aliphatic heterocycles. The Bertz CT molecular complexity index is 883. The first kappa shape index (κ1) is 21.0. The summed E-state index contributed by atoms with van der Waals surface area (Å²) in [5.74, 6) is 0. The number of sulfonamides is 1. The van der Waals surface area contributed by atoms with Gasteiger partial charge in [-0.3, -0.25) is 4.68 Å². The molecule has 1 aromatic heterocycles. The number of aliphatic hydroxyl groups excluding tert-OH is 1. The van der Waals surface area contributed by atoms with Gasteiger partial charge in [0.1, 0.15) is 4.90 Å². The first-order chi connectivity index (χ1) is 13.2. The molecule has 0 bridgehead atoms. The summed E-state index contributed by atoms with van der Waals surface area (Å²) in [5, 5.41) is 14.1. The summed E-state index contributed by atoms with van der Waals surface area (Å²) in [6.45, 7) is 6.99. The zero-order valence-electron chi connectivity index (χ0n) is 17.0. The Morgan fingerprint density at radius 3 is 2.54 bits per heavy atom. The van der Waals surface area contributed by atoms with Gasteiger partial charge in [-0.05, 0) is 24.8 Å². The van der Waals surface area contributed by atoms with Crippen molar-refractivity contribution in [3.63, 3.8) is 0 Å². The van der Waals surface area contributed by atoms with Crippen molar-refractivity contribution in [2.45, 2.75) is 69.4 Å². The molecule has 2 heterocycles. The Kier molecular flexibility index (Phi) is 6.27. The maximum Gasteiger partial charge on any atom is 0.246 e. The molecule has 1 aromatic carbocycles. The molecule has 3 rings (SSSR count). The van der Waals surface area contributed by atoms with E-state index in [4.69, 9.17) is 0 Å². The molecule has 0 saturated carbocycles. The van der Waals surface area contributed by atoms with Crippen LogP contribution in [0.4, 0.5) is 0 Å². The summed E-state index contributed by atoms with van der Waals surface area (Å²) in [5.41, 5.74) is 1.27. The van der Waals surface area contributed by atoms with Gasteiger partial charge in [-0.2, -0.15) is 9.40 Å². The van der Waals surface area contributed by atoms with Crippen LogP contribution in [-0.2, 0) is 22.0 Å². The average molecular weight is 406 g/mol. The lowest BCUT2D eigenvalue weighted by molar-refractivity contribution is 0.192. The van der Waals surface area contributed by atoms with Crippen molar-refractivity contribution in [3.8, 4) is 0 Å². The summed E-state index contributed by atoms with van der Waals surface area (Å²) in [7, 11) is -3.68. The van der Waals surface area contributed by atoms with E-state index in [2.05, 4.69) is 5.10 Å². The fourth-order valence-corrected chi connectivity index (χ4v) is 5.89. The van der Waals surface area contributed by atoms with Crippen LogP contribution in [0.2, 0.25) is 0 Å². The Morgan fingerprint density at radius 2 is 1.89 bits per heavy atom. The molecular weight excluding hydrogens is 374 g/mol. The smallest absolute Gasteiger partial charge is 0.246 e. The van der Waals surface area contributed by atoms with Crippen LogP contribution in [0.15, 0.2) is 41.4 Å². The molecule has 1 aliphatic rings. The third-order valence-electron chi connectivity index (χ3n) is 5.25. The third-order valence-corrected chi connectivity index (χ3v) is 7.20. The van der Waals surface area contributed by atoms with Crippen LogP contribution in [0.25, 0.3) is 0 Å². The van der Waals surface area contributed by atoms with Crippen molar-refractivity contribution in [1.29, 1.82) is 0 Å². The average Bonchev–Trinajstić information content (AvgIpc) is 3.08. The number of benzene rings is 1. The van der Waals surface area contributed by atoms with Crippen LogP contribution >= 0.6 is 0 Å². The zero-order valence-corrected chi connectivity index (χ0v) is 17.8. The van der Waals surface area contributed by atoms with Crippen LogP contribution in [-0.4, -0.2) is 46.8 Å². The van der Waals surface area contributed by atoms with Gasteiger partial charge < -0.3 is 5.11 Å². The highest BCUT2D eigenvalue weighted by molar-refractivity contribution is 7.89. The van der Waals surface area contributed by atoms with Gasteiger partial charge in [0.15, 0.2) is 0 Å². The molecule has 28 heavy (non-hydrogen) atoms. The number of rotatable bonds is 6. The minimum Gasteiger partial charge on any atom is -0.396 e. The minimum absolute atomic E-state index is 0.00389. The van der Waals surface area contributed by atoms with Crippen molar-refractivity contribution in [3.05, 3.63) is 47.8 Å². The zero-order chi connectivity index (χ0) is 20.4. The Hall–Kier alpha value is -1.70. The molecule has 1 N–H and O–H groups in total. The van der Waals surface area contributed by atoms with Gasteiger partial charge in [0, 0.05) is 30.8 Å². The van der Waals surface area contributed by atoms with E-state index in [0.29, 0.717) is 30.1 Å². The summed E-state index contributed by atoms with van der Waals surface area (Å²) >= 11 is 0. The largest absolute Gasteiger partial charge is 0.396 e. The topological polar surface area (TPSA) is 75.4 Å². The molecule has 1 fully saturated rings. The second kappa shape index (κ2) is 8.35. The quantitative estimate of drug-likeness (QED) is 0.801. The molecule has 0 aliphatic carbocycles. The number of piperidine rings is 1. The van der Waals surface area contributed by atoms with Crippen LogP contribution in [0, 0.1) is 0 Å². The van der Waals surface area contributed by atoms with E-state index in [1.807, 2.05) is 51.1 Å². The predicted octanol–water partition coefficient (Wildman–Crippen LogP) is 3.15. The normalized spacial score (nSPS) is 19.1. The van der Waals surface area contributed by atoms with Crippen LogP contribution in [0.1, 0.15) is 57.7 Å². The standard InChI is InChI=1S/C21H31N3O3S/c1-21(2,3)20-19(16-23(22-20)15-17-9-5-4-6-10-17)28(26,27)24-13-8-7-11-18(24)12-14-25/h4-6,9-10,16,18,25H,7-8,11-15H2,1-3H3. The molecule has 2 aromatic rings. The van der Waals surface area contributed by atoms with E-state index in [9.17, 15) is 13.5 Å². The maximum absolute atomic E-state index is 13.6. The summed E-state index contributed by atoms with van der Waals surface area (Å²) in [4.78, 5) is 0.292. The summed E-state index contributed by atoms with van der Waals surface area (Å²) < 4.78 is 30.5. The minimum atomic E-state index is -3.68. The fourth-order valence-electron chi connectivity index (χ4n) is 3.82. The molecular formula is C21H31N3O3S. The van der Waals surface area contributed by atoms with Gasteiger partial charge in [0.05, 0.1) is 12.2 Å². The maximum atomic E-state index is 13.6. The third kappa shape index (κ3) is 4.47. The molecule has 154 valence electrons. The van der Waals surface area contributed by atoms with Crippen molar-refractivity contribution >= 4 is 10.0 Å². The van der Waals surface area contributed by atoms with E-state index in [1.165, 1.54) is 0 Å². The molecule has 0 radical (unpaired) electrons. The molecule has 1 saturated heterocycles. The Balaban J connectivity index is 2.01. The molecule has 7 heteroatoms. The molecule has 0 amide bonds. The number of aromatic nitrogens is 2. The van der Waals surface area contributed by atoms with Crippen molar-refractivity contribution in [1.82, 2.24) is 14.1 Å². The lowest BCUT2D eigenvalue weighted by Gasteiger charge is -2.34.